The fraction of sp³-hybridized carbons (Fsp3) is 0.333. The Hall–Kier alpha value is -0.920. The van der Waals surface area contributed by atoms with Crippen LogP contribution in [0.1, 0.15) is 6.92 Å². The third-order valence-electron chi connectivity index (χ3n) is 0.731. The average molecular weight is 112 g/mol. The molecule has 2 heteroatoms. The first kappa shape index (κ1) is 7.08. The monoisotopic (exact) mass is 112 g/mol. The summed E-state index contributed by atoms with van der Waals surface area (Å²) in [6.07, 6.45) is 5.23. The fourth-order valence-corrected chi connectivity index (χ4v) is 0.428. The zero-order valence-electron chi connectivity index (χ0n) is 5.31. The van der Waals surface area contributed by atoms with E-state index in [9.17, 15) is 0 Å². The van der Waals surface area contributed by atoms with Gasteiger partial charge in [-0.25, -0.2) is 0 Å². The minimum atomic E-state index is 1.12. The Kier molecular flexibility index (Phi) is 3.76. The van der Waals surface area contributed by atoms with Gasteiger partial charge in [0.05, 0.1) is 0 Å². The molecule has 0 spiro atoms. The van der Waals surface area contributed by atoms with Gasteiger partial charge in [-0.3, -0.25) is 0 Å². The van der Waals surface area contributed by atoms with Crippen molar-refractivity contribution in [2.75, 3.05) is 7.05 Å². The van der Waals surface area contributed by atoms with Gasteiger partial charge in [0.15, 0.2) is 0 Å². The van der Waals surface area contributed by atoms with Crippen LogP contribution in [-0.4, -0.2) is 7.05 Å². The third-order valence-corrected chi connectivity index (χ3v) is 0.731. The van der Waals surface area contributed by atoms with Crippen molar-refractivity contribution in [2.24, 2.45) is 5.73 Å². The third kappa shape index (κ3) is 3.28. The van der Waals surface area contributed by atoms with Gasteiger partial charge in [0.25, 0.3) is 0 Å². The summed E-state index contributed by atoms with van der Waals surface area (Å²) in [6, 6.07) is 0. The lowest BCUT2D eigenvalue weighted by Gasteiger charge is -1.88. The molecule has 0 unspecified atom stereocenters. The first-order valence-electron chi connectivity index (χ1n) is 2.53. The standard InChI is InChI=1S/C6H12N2/c1-6(3-4-7)5-8-2/h3-5,8H,7H2,1-2H3/b4-3-,6-5-. The fourth-order valence-electron chi connectivity index (χ4n) is 0.428. The van der Waals surface area contributed by atoms with Gasteiger partial charge in [0.1, 0.15) is 0 Å². The maximum absolute atomic E-state index is 5.11. The van der Waals surface area contributed by atoms with E-state index in [0.717, 1.165) is 5.57 Å². The minimum absolute atomic E-state index is 1.12. The molecular weight excluding hydrogens is 100 g/mol. The second-order valence-corrected chi connectivity index (χ2v) is 1.54. The molecule has 2 nitrogen and oxygen atoms in total. The topological polar surface area (TPSA) is 38.0 Å². The van der Waals surface area contributed by atoms with Gasteiger partial charge in [0.2, 0.25) is 0 Å². The van der Waals surface area contributed by atoms with Crippen LogP contribution < -0.4 is 11.1 Å². The predicted octanol–water partition coefficient (Wildman–Crippen LogP) is 0.582. The Morgan fingerprint density at radius 3 is 2.62 bits per heavy atom. The van der Waals surface area contributed by atoms with E-state index in [0.29, 0.717) is 0 Å². The van der Waals surface area contributed by atoms with Crippen LogP contribution in [0.5, 0.6) is 0 Å². The van der Waals surface area contributed by atoms with Crippen LogP contribution in [-0.2, 0) is 0 Å². The summed E-state index contributed by atoms with van der Waals surface area (Å²) in [7, 11) is 1.86. The SMILES string of the molecule is CN/C=C(C)\C=C/N. The summed E-state index contributed by atoms with van der Waals surface area (Å²) >= 11 is 0. The van der Waals surface area contributed by atoms with Crippen molar-refractivity contribution in [1.82, 2.24) is 5.32 Å². The van der Waals surface area contributed by atoms with Gasteiger partial charge >= 0.3 is 0 Å². The van der Waals surface area contributed by atoms with Crippen LogP contribution in [0.2, 0.25) is 0 Å². The second-order valence-electron chi connectivity index (χ2n) is 1.54. The molecule has 0 radical (unpaired) electrons. The van der Waals surface area contributed by atoms with Crippen molar-refractivity contribution in [3.05, 3.63) is 24.0 Å². The van der Waals surface area contributed by atoms with Crippen LogP contribution in [0.15, 0.2) is 24.0 Å². The Morgan fingerprint density at radius 1 is 1.62 bits per heavy atom. The summed E-state index contributed by atoms with van der Waals surface area (Å²) in [4.78, 5) is 0. The molecule has 0 fully saturated rings. The lowest BCUT2D eigenvalue weighted by Crippen LogP contribution is -1.93. The molecule has 0 aromatic rings. The molecule has 0 atom stereocenters. The van der Waals surface area contributed by atoms with E-state index in [1.54, 1.807) is 0 Å². The molecule has 0 bridgehead atoms. The molecule has 0 aromatic carbocycles. The molecule has 0 aliphatic heterocycles. The Morgan fingerprint density at radius 2 is 2.25 bits per heavy atom. The quantitative estimate of drug-likeness (QED) is 0.513. The summed E-state index contributed by atoms with van der Waals surface area (Å²) in [5.41, 5.74) is 6.23. The Balaban J connectivity index is 3.61. The van der Waals surface area contributed by atoms with E-state index >= 15 is 0 Å². The van der Waals surface area contributed by atoms with Crippen molar-refractivity contribution < 1.29 is 0 Å². The van der Waals surface area contributed by atoms with Gasteiger partial charge in [-0.1, -0.05) is 0 Å². The van der Waals surface area contributed by atoms with Gasteiger partial charge in [0, 0.05) is 7.05 Å². The highest BCUT2D eigenvalue weighted by atomic mass is 14.8. The van der Waals surface area contributed by atoms with Crippen molar-refractivity contribution >= 4 is 0 Å². The van der Waals surface area contributed by atoms with Crippen LogP contribution in [0.3, 0.4) is 0 Å². The predicted molar refractivity (Wildman–Crippen MR) is 36.1 cm³/mol. The molecule has 0 amide bonds. The van der Waals surface area contributed by atoms with E-state index in [-0.39, 0.29) is 0 Å². The highest BCUT2D eigenvalue weighted by Crippen LogP contribution is 1.88. The van der Waals surface area contributed by atoms with E-state index < -0.39 is 0 Å². The van der Waals surface area contributed by atoms with Crippen LogP contribution in [0.25, 0.3) is 0 Å². The molecular formula is C6H12N2. The van der Waals surface area contributed by atoms with Crippen molar-refractivity contribution in [3.63, 3.8) is 0 Å². The molecule has 0 aromatic heterocycles. The van der Waals surface area contributed by atoms with Gasteiger partial charge in [-0.05, 0) is 31.0 Å². The molecule has 0 aliphatic rings. The van der Waals surface area contributed by atoms with Gasteiger partial charge in [-0.2, -0.15) is 0 Å². The number of rotatable bonds is 2. The minimum Gasteiger partial charge on any atom is -0.405 e. The first-order valence-corrected chi connectivity index (χ1v) is 2.53. The molecule has 0 heterocycles. The van der Waals surface area contributed by atoms with E-state index in [4.69, 9.17) is 5.73 Å². The summed E-state index contributed by atoms with van der Waals surface area (Å²) in [5, 5.41) is 2.88. The summed E-state index contributed by atoms with van der Waals surface area (Å²) in [5.74, 6) is 0. The number of hydrogen-bond donors (Lipinski definition) is 2. The highest BCUT2D eigenvalue weighted by Gasteiger charge is 1.73. The summed E-state index contributed by atoms with van der Waals surface area (Å²) < 4.78 is 0. The first-order chi connectivity index (χ1) is 3.81. The van der Waals surface area contributed by atoms with E-state index in [1.807, 2.05) is 26.2 Å². The van der Waals surface area contributed by atoms with Gasteiger partial charge < -0.3 is 11.1 Å². The largest absolute Gasteiger partial charge is 0.405 e. The van der Waals surface area contributed by atoms with E-state index in [1.165, 1.54) is 6.20 Å². The van der Waals surface area contributed by atoms with Crippen LogP contribution in [0.4, 0.5) is 0 Å². The second kappa shape index (κ2) is 4.24. The van der Waals surface area contributed by atoms with E-state index in [2.05, 4.69) is 5.32 Å². The molecule has 0 saturated carbocycles. The number of nitrogens with one attached hydrogen (secondary N) is 1. The number of allylic oxidation sites excluding steroid dienone is 2. The lowest BCUT2D eigenvalue weighted by molar-refractivity contribution is 1.08. The average Bonchev–Trinajstić information content (AvgIpc) is 1.68. The lowest BCUT2D eigenvalue weighted by atomic mass is 10.3. The van der Waals surface area contributed by atoms with Crippen molar-refractivity contribution in [2.45, 2.75) is 6.92 Å². The normalized spacial score (nSPS) is 12.5. The van der Waals surface area contributed by atoms with Crippen molar-refractivity contribution in [1.29, 1.82) is 0 Å². The molecule has 46 valence electrons. The molecule has 0 aliphatic carbocycles. The number of nitrogens with two attached hydrogens (primary N) is 1. The molecule has 0 saturated heterocycles. The zero-order chi connectivity index (χ0) is 6.41. The zero-order valence-corrected chi connectivity index (χ0v) is 5.31. The number of hydrogen-bond acceptors (Lipinski definition) is 2. The Labute approximate surface area is 50.1 Å². The maximum Gasteiger partial charge on any atom is 0.00277 e. The van der Waals surface area contributed by atoms with Crippen LogP contribution in [0, 0.1) is 0 Å². The van der Waals surface area contributed by atoms with Crippen LogP contribution >= 0.6 is 0 Å². The molecule has 3 N–H and O–H groups in total. The highest BCUT2D eigenvalue weighted by molar-refractivity contribution is 5.13. The Bertz CT molecular complexity index is 103. The summed E-state index contributed by atoms with van der Waals surface area (Å²) in [6.45, 7) is 1.97. The van der Waals surface area contributed by atoms with Crippen molar-refractivity contribution in [3.8, 4) is 0 Å². The van der Waals surface area contributed by atoms with Gasteiger partial charge in [-0.15, -0.1) is 0 Å². The maximum atomic E-state index is 5.11. The molecule has 8 heavy (non-hydrogen) atoms. The molecule has 0 rings (SSSR count). The smallest absolute Gasteiger partial charge is 0.00277 e.